The van der Waals surface area contributed by atoms with Crippen LogP contribution in [0.15, 0.2) is 12.3 Å². The maximum absolute atomic E-state index is 10.6. The average Bonchev–Trinajstić information content (AvgIpc) is 2.31. The number of aldehydes is 1. The van der Waals surface area contributed by atoms with Crippen LogP contribution in [-0.4, -0.2) is 23.9 Å². The Bertz CT molecular complexity index is 363. The molecule has 0 aliphatic heterocycles. The van der Waals surface area contributed by atoms with Crippen molar-refractivity contribution in [2.45, 2.75) is 40.2 Å². The van der Waals surface area contributed by atoms with Crippen molar-refractivity contribution in [3.63, 3.8) is 0 Å². The van der Waals surface area contributed by atoms with E-state index < -0.39 is 0 Å². The Morgan fingerprint density at radius 1 is 1.50 bits per heavy atom. The number of rotatable bonds is 5. The number of anilines is 1. The number of aryl methyl sites for hydroxylation is 1. The van der Waals surface area contributed by atoms with Crippen molar-refractivity contribution in [3.05, 3.63) is 23.4 Å². The lowest BCUT2D eigenvalue weighted by atomic mass is 10.1. The topological polar surface area (TPSA) is 33.2 Å². The molecule has 1 rings (SSSR count). The molecule has 0 amide bonds. The molecule has 0 bridgehead atoms. The zero-order chi connectivity index (χ0) is 12.1. The number of carbonyl (C=O) groups excluding carboxylic acids is 1. The van der Waals surface area contributed by atoms with E-state index in [2.05, 4.69) is 30.7 Å². The highest BCUT2D eigenvalue weighted by atomic mass is 16.1. The van der Waals surface area contributed by atoms with E-state index in [0.29, 0.717) is 11.6 Å². The molecule has 3 nitrogen and oxygen atoms in total. The monoisotopic (exact) mass is 220 g/mol. The molecule has 88 valence electrons. The lowest BCUT2D eigenvalue weighted by Crippen LogP contribution is -2.33. The highest BCUT2D eigenvalue weighted by Crippen LogP contribution is 2.20. The summed E-state index contributed by atoms with van der Waals surface area (Å²) in [6, 6.07) is 2.36. The van der Waals surface area contributed by atoms with Crippen molar-refractivity contribution >= 4 is 12.1 Å². The fourth-order valence-corrected chi connectivity index (χ4v) is 1.85. The SMILES string of the molecule is CCC(C)N(CC)c1ncc(C=O)cc1C. The highest BCUT2D eigenvalue weighted by Gasteiger charge is 2.14. The van der Waals surface area contributed by atoms with Gasteiger partial charge < -0.3 is 4.90 Å². The summed E-state index contributed by atoms with van der Waals surface area (Å²) < 4.78 is 0. The minimum absolute atomic E-state index is 0.471. The smallest absolute Gasteiger partial charge is 0.151 e. The van der Waals surface area contributed by atoms with Crippen LogP contribution in [0.3, 0.4) is 0 Å². The number of nitrogens with zero attached hydrogens (tertiary/aromatic N) is 2. The van der Waals surface area contributed by atoms with Gasteiger partial charge in [-0.2, -0.15) is 0 Å². The Hall–Kier alpha value is -1.38. The zero-order valence-electron chi connectivity index (χ0n) is 10.5. The van der Waals surface area contributed by atoms with E-state index in [4.69, 9.17) is 0 Å². The van der Waals surface area contributed by atoms with Gasteiger partial charge in [-0.25, -0.2) is 4.98 Å². The number of hydrogen-bond acceptors (Lipinski definition) is 3. The van der Waals surface area contributed by atoms with Crippen molar-refractivity contribution in [1.29, 1.82) is 0 Å². The predicted octanol–water partition coefficient (Wildman–Crippen LogP) is 2.83. The predicted molar refractivity (Wildman–Crippen MR) is 67.1 cm³/mol. The van der Waals surface area contributed by atoms with E-state index in [-0.39, 0.29) is 0 Å². The molecule has 0 aliphatic carbocycles. The first kappa shape index (κ1) is 12.7. The lowest BCUT2D eigenvalue weighted by Gasteiger charge is -2.29. The molecule has 0 aliphatic rings. The largest absolute Gasteiger partial charge is 0.354 e. The van der Waals surface area contributed by atoms with E-state index >= 15 is 0 Å². The summed E-state index contributed by atoms with van der Waals surface area (Å²) in [5.74, 6) is 0.988. The van der Waals surface area contributed by atoms with Crippen molar-refractivity contribution in [3.8, 4) is 0 Å². The van der Waals surface area contributed by atoms with Gasteiger partial charge >= 0.3 is 0 Å². The molecule has 1 atom stereocenters. The third-order valence-corrected chi connectivity index (χ3v) is 2.94. The lowest BCUT2D eigenvalue weighted by molar-refractivity contribution is 0.112. The van der Waals surface area contributed by atoms with Crippen molar-refractivity contribution < 1.29 is 4.79 Å². The average molecular weight is 220 g/mol. The van der Waals surface area contributed by atoms with Gasteiger partial charge in [-0.05, 0) is 38.8 Å². The van der Waals surface area contributed by atoms with E-state index in [1.54, 1.807) is 6.20 Å². The van der Waals surface area contributed by atoms with Crippen LogP contribution in [0, 0.1) is 6.92 Å². The van der Waals surface area contributed by atoms with Crippen LogP contribution in [0.5, 0.6) is 0 Å². The van der Waals surface area contributed by atoms with Crippen LogP contribution in [0.25, 0.3) is 0 Å². The summed E-state index contributed by atoms with van der Waals surface area (Å²) in [4.78, 5) is 17.3. The number of carbonyl (C=O) groups is 1. The molecule has 1 heterocycles. The molecule has 3 heteroatoms. The minimum atomic E-state index is 0.471. The fourth-order valence-electron chi connectivity index (χ4n) is 1.85. The highest BCUT2D eigenvalue weighted by molar-refractivity contribution is 5.75. The molecule has 0 N–H and O–H groups in total. The third-order valence-electron chi connectivity index (χ3n) is 2.94. The van der Waals surface area contributed by atoms with Crippen molar-refractivity contribution in [1.82, 2.24) is 4.98 Å². The molecule has 0 fully saturated rings. The quantitative estimate of drug-likeness (QED) is 0.715. The Balaban J connectivity index is 3.06. The first-order valence-electron chi connectivity index (χ1n) is 5.82. The summed E-state index contributed by atoms with van der Waals surface area (Å²) in [5, 5.41) is 0. The summed E-state index contributed by atoms with van der Waals surface area (Å²) >= 11 is 0. The van der Waals surface area contributed by atoms with Crippen LogP contribution >= 0.6 is 0 Å². The van der Waals surface area contributed by atoms with Gasteiger partial charge in [0.05, 0.1) is 0 Å². The summed E-state index contributed by atoms with van der Waals surface area (Å²) in [5.41, 5.74) is 1.70. The Morgan fingerprint density at radius 2 is 2.19 bits per heavy atom. The van der Waals surface area contributed by atoms with Gasteiger partial charge in [0, 0.05) is 24.3 Å². The van der Waals surface area contributed by atoms with Gasteiger partial charge in [0.15, 0.2) is 6.29 Å². The number of pyridine rings is 1. The first-order valence-corrected chi connectivity index (χ1v) is 5.82. The molecule has 0 aromatic carbocycles. The molecule has 0 spiro atoms. The zero-order valence-corrected chi connectivity index (χ0v) is 10.5. The molecule has 1 aromatic rings. The Labute approximate surface area is 97.5 Å². The van der Waals surface area contributed by atoms with E-state index in [9.17, 15) is 4.79 Å². The minimum Gasteiger partial charge on any atom is -0.354 e. The van der Waals surface area contributed by atoms with E-state index in [1.165, 1.54) is 0 Å². The third kappa shape index (κ3) is 2.60. The number of aromatic nitrogens is 1. The first-order chi connectivity index (χ1) is 7.63. The molecule has 0 radical (unpaired) electrons. The maximum Gasteiger partial charge on any atom is 0.151 e. The van der Waals surface area contributed by atoms with Crippen LogP contribution in [0.2, 0.25) is 0 Å². The van der Waals surface area contributed by atoms with Crippen LogP contribution in [0.4, 0.5) is 5.82 Å². The van der Waals surface area contributed by atoms with Gasteiger partial charge in [-0.15, -0.1) is 0 Å². The van der Waals surface area contributed by atoms with Crippen LogP contribution < -0.4 is 4.90 Å². The molecule has 1 aromatic heterocycles. The van der Waals surface area contributed by atoms with Gasteiger partial charge in [-0.1, -0.05) is 6.92 Å². The molecule has 0 saturated carbocycles. The van der Waals surface area contributed by atoms with Gasteiger partial charge in [0.25, 0.3) is 0 Å². The van der Waals surface area contributed by atoms with Gasteiger partial charge in [-0.3, -0.25) is 4.79 Å². The van der Waals surface area contributed by atoms with Crippen molar-refractivity contribution in [2.75, 3.05) is 11.4 Å². The summed E-state index contributed by atoms with van der Waals surface area (Å²) in [6.45, 7) is 9.42. The molecular weight excluding hydrogens is 200 g/mol. The summed E-state index contributed by atoms with van der Waals surface area (Å²) in [7, 11) is 0. The Morgan fingerprint density at radius 3 is 2.62 bits per heavy atom. The summed E-state index contributed by atoms with van der Waals surface area (Å²) in [6.07, 6.45) is 3.56. The van der Waals surface area contributed by atoms with E-state index in [1.807, 2.05) is 13.0 Å². The van der Waals surface area contributed by atoms with Gasteiger partial charge in [0.2, 0.25) is 0 Å². The van der Waals surface area contributed by atoms with Crippen molar-refractivity contribution in [2.24, 2.45) is 0 Å². The fraction of sp³-hybridized carbons (Fsp3) is 0.538. The standard InChI is InChI=1S/C13H20N2O/c1-5-11(4)15(6-2)13-10(3)7-12(9-16)8-14-13/h7-9,11H,5-6H2,1-4H3. The molecule has 16 heavy (non-hydrogen) atoms. The second-order valence-corrected chi connectivity index (χ2v) is 4.07. The van der Waals surface area contributed by atoms with E-state index in [0.717, 1.165) is 30.6 Å². The maximum atomic E-state index is 10.6. The number of hydrogen-bond donors (Lipinski definition) is 0. The van der Waals surface area contributed by atoms with Crippen LogP contribution in [-0.2, 0) is 0 Å². The molecular formula is C13H20N2O. The normalized spacial score (nSPS) is 12.2. The second kappa shape index (κ2) is 5.64. The molecule has 0 saturated heterocycles. The van der Waals surface area contributed by atoms with Gasteiger partial charge in [0.1, 0.15) is 5.82 Å². The second-order valence-electron chi connectivity index (χ2n) is 4.07. The Kier molecular flexibility index (Phi) is 4.47. The molecule has 1 unspecified atom stereocenters. The van der Waals surface area contributed by atoms with Crippen LogP contribution in [0.1, 0.15) is 43.1 Å².